The molecule has 0 saturated carbocycles. The van der Waals surface area contributed by atoms with Crippen molar-refractivity contribution in [2.24, 2.45) is 0 Å². The van der Waals surface area contributed by atoms with Crippen LogP contribution in [0.25, 0.3) is 0 Å². The second-order valence-corrected chi connectivity index (χ2v) is 5.09. The van der Waals surface area contributed by atoms with Crippen LogP contribution in [0.3, 0.4) is 0 Å². The number of alkyl halides is 1. The molecule has 1 aromatic rings. The van der Waals surface area contributed by atoms with E-state index in [4.69, 9.17) is 4.74 Å². The SMILES string of the molecule is CCOC(=O)c1cnc(N2CC(Br)CC2=O)nc1. The third-order valence-electron chi connectivity index (χ3n) is 2.47. The van der Waals surface area contributed by atoms with Gasteiger partial charge in [-0.15, -0.1) is 0 Å². The summed E-state index contributed by atoms with van der Waals surface area (Å²) in [5, 5.41) is 0. The topological polar surface area (TPSA) is 72.4 Å². The highest BCUT2D eigenvalue weighted by atomic mass is 79.9. The lowest BCUT2D eigenvalue weighted by atomic mass is 10.3. The molecule has 0 aliphatic carbocycles. The van der Waals surface area contributed by atoms with Crippen molar-refractivity contribution < 1.29 is 14.3 Å². The largest absolute Gasteiger partial charge is 0.462 e. The molecule has 2 rings (SSSR count). The van der Waals surface area contributed by atoms with E-state index in [9.17, 15) is 9.59 Å². The summed E-state index contributed by atoms with van der Waals surface area (Å²) < 4.78 is 4.82. The Labute approximate surface area is 112 Å². The lowest BCUT2D eigenvalue weighted by molar-refractivity contribution is -0.117. The van der Waals surface area contributed by atoms with E-state index in [1.165, 1.54) is 17.3 Å². The van der Waals surface area contributed by atoms with Gasteiger partial charge in [0.1, 0.15) is 0 Å². The summed E-state index contributed by atoms with van der Waals surface area (Å²) in [5.41, 5.74) is 0.280. The van der Waals surface area contributed by atoms with Crippen LogP contribution >= 0.6 is 15.9 Å². The molecule has 1 aliphatic heterocycles. The van der Waals surface area contributed by atoms with Gasteiger partial charge in [0.05, 0.1) is 12.2 Å². The van der Waals surface area contributed by atoms with E-state index < -0.39 is 5.97 Å². The number of nitrogens with zero attached hydrogens (tertiary/aromatic N) is 3. The highest BCUT2D eigenvalue weighted by molar-refractivity contribution is 9.09. The van der Waals surface area contributed by atoms with Crippen LogP contribution in [0.15, 0.2) is 12.4 Å². The van der Waals surface area contributed by atoms with E-state index in [0.29, 0.717) is 25.5 Å². The molecule has 0 radical (unpaired) electrons. The lowest BCUT2D eigenvalue weighted by Crippen LogP contribution is -2.26. The first-order valence-electron chi connectivity index (χ1n) is 5.55. The van der Waals surface area contributed by atoms with Crippen LogP contribution in [-0.4, -0.2) is 39.8 Å². The molecule has 7 heteroatoms. The highest BCUT2D eigenvalue weighted by Crippen LogP contribution is 2.21. The first kappa shape index (κ1) is 12.9. The summed E-state index contributed by atoms with van der Waals surface area (Å²) in [4.78, 5) is 32.7. The van der Waals surface area contributed by atoms with Crippen molar-refractivity contribution in [3.63, 3.8) is 0 Å². The zero-order valence-electron chi connectivity index (χ0n) is 9.80. The predicted molar refractivity (Wildman–Crippen MR) is 67.7 cm³/mol. The van der Waals surface area contributed by atoms with Gasteiger partial charge in [0, 0.05) is 30.2 Å². The van der Waals surface area contributed by atoms with Crippen LogP contribution in [0.1, 0.15) is 23.7 Å². The van der Waals surface area contributed by atoms with Crippen molar-refractivity contribution >= 4 is 33.8 Å². The molecule has 0 spiro atoms. The van der Waals surface area contributed by atoms with Crippen molar-refractivity contribution in [3.8, 4) is 0 Å². The third kappa shape index (κ3) is 2.66. The molecule has 1 aromatic heterocycles. The molecule has 6 nitrogen and oxygen atoms in total. The Morgan fingerprint density at radius 3 is 2.72 bits per heavy atom. The fraction of sp³-hybridized carbons (Fsp3) is 0.455. The number of halogens is 1. The highest BCUT2D eigenvalue weighted by Gasteiger charge is 2.30. The van der Waals surface area contributed by atoms with Gasteiger partial charge in [-0.3, -0.25) is 9.69 Å². The lowest BCUT2D eigenvalue weighted by Gasteiger charge is -2.13. The van der Waals surface area contributed by atoms with Crippen LogP contribution in [0.2, 0.25) is 0 Å². The minimum absolute atomic E-state index is 0.0271. The van der Waals surface area contributed by atoms with Crippen molar-refractivity contribution in [2.75, 3.05) is 18.1 Å². The summed E-state index contributed by atoms with van der Waals surface area (Å²) in [7, 11) is 0. The molecule has 0 N–H and O–H groups in total. The van der Waals surface area contributed by atoms with Crippen molar-refractivity contribution in [1.82, 2.24) is 9.97 Å². The first-order chi connectivity index (χ1) is 8.61. The van der Waals surface area contributed by atoms with E-state index in [0.717, 1.165) is 0 Å². The van der Waals surface area contributed by atoms with Gasteiger partial charge in [0.25, 0.3) is 0 Å². The number of hydrogen-bond donors (Lipinski definition) is 0. The molecule has 96 valence electrons. The Balaban J connectivity index is 2.13. The predicted octanol–water partition coefficient (Wildman–Crippen LogP) is 1.15. The molecule has 0 bridgehead atoms. The van der Waals surface area contributed by atoms with Gasteiger partial charge >= 0.3 is 5.97 Å². The average Bonchev–Trinajstić information content (AvgIpc) is 2.69. The second kappa shape index (κ2) is 5.43. The van der Waals surface area contributed by atoms with Crippen LogP contribution < -0.4 is 4.90 Å². The zero-order valence-corrected chi connectivity index (χ0v) is 11.4. The first-order valence-corrected chi connectivity index (χ1v) is 6.47. The Hall–Kier alpha value is -1.50. The molecule has 1 saturated heterocycles. The minimum atomic E-state index is -0.463. The molecule has 1 fully saturated rings. The van der Waals surface area contributed by atoms with E-state index >= 15 is 0 Å². The van der Waals surface area contributed by atoms with Crippen molar-refractivity contribution in [2.45, 2.75) is 18.2 Å². The Morgan fingerprint density at radius 2 is 2.22 bits per heavy atom. The Kier molecular flexibility index (Phi) is 3.90. The maximum atomic E-state index is 11.6. The van der Waals surface area contributed by atoms with Gasteiger partial charge in [-0.25, -0.2) is 14.8 Å². The van der Waals surface area contributed by atoms with Gasteiger partial charge in [-0.2, -0.15) is 0 Å². The Bertz CT molecular complexity index is 463. The van der Waals surface area contributed by atoms with Crippen LogP contribution in [0, 0.1) is 0 Å². The van der Waals surface area contributed by atoms with E-state index in [2.05, 4.69) is 25.9 Å². The van der Waals surface area contributed by atoms with Gasteiger partial charge in [-0.05, 0) is 6.92 Å². The number of rotatable bonds is 3. The molecule has 18 heavy (non-hydrogen) atoms. The quantitative estimate of drug-likeness (QED) is 0.618. The van der Waals surface area contributed by atoms with E-state index in [-0.39, 0.29) is 16.3 Å². The van der Waals surface area contributed by atoms with Crippen molar-refractivity contribution in [3.05, 3.63) is 18.0 Å². The van der Waals surface area contributed by atoms with Gasteiger partial charge in [0.15, 0.2) is 0 Å². The number of aromatic nitrogens is 2. The number of carbonyl (C=O) groups excluding carboxylic acids is 2. The van der Waals surface area contributed by atoms with E-state index in [1.54, 1.807) is 6.92 Å². The third-order valence-corrected chi connectivity index (χ3v) is 3.08. The summed E-state index contributed by atoms with van der Waals surface area (Å²) in [5.74, 6) is -0.175. The second-order valence-electron chi connectivity index (χ2n) is 3.80. The maximum absolute atomic E-state index is 11.6. The molecule has 0 aromatic carbocycles. The van der Waals surface area contributed by atoms with E-state index in [1.807, 2.05) is 0 Å². The number of amides is 1. The number of ether oxygens (including phenoxy) is 1. The molecular weight excluding hydrogens is 302 g/mol. The smallest absolute Gasteiger partial charge is 0.341 e. The van der Waals surface area contributed by atoms with Gasteiger partial charge in [-0.1, -0.05) is 15.9 Å². The number of carbonyl (C=O) groups is 2. The number of anilines is 1. The fourth-order valence-corrected chi connectivity index (χ4v) is 2.20. The fourth-order valence-electron chi connectivity index (χ4n) is 1.64. The van der Waals surface area contributed by atoms with Crippen molar-refractivity contribution in [1.29, 1.82) is 0 Å². The van der Waals surface area contributed by atoms with Gasteiger partial charge in [0.2, 0.25) is 11.9 Å². The summed E-state index contributed by atoms with van der Waals surface area (Å²) >= 11 is 3.38. The molecular formula is C11H12BrN3O3. The standard InChI is InChI=1S/C11H12BrN3O3/c1-2-18-10(17)7-4-13-11(14-5-7)15-6-8(12)3-9(15)16/h4-5,8H,2-3,6H2,1H3. The van der Waals surface area contributed by atoms with Gasteiger partial charge < -0.3 is 4.74 Å². The Morgan fingerprint density at radius 1 is 1.56 bits per heavy atom. The van der Waals surface area contributed by atoms with Crippen LogP contribution in [-0.2, 0) is 9.53 Å². The summed E-state index contributed by atoms with van der Waals surface area (Å²) in [6.45, 7) is 2.57. The monoisotopic (exact) mass is 313 g/mol. The summed E-state index contributed by atoms with van der Waals surface area (Å²) in [6, 6.07) is 0. The molecule has 1 atom stereocenters. The summed E-state index contributed by atoms with van der Waals surface area (Å²) in [6.07, 6.45) is 3.17. The molecule has 1 unspecified atom stereocenters. The maximum Gasteiger partial charge on any atom is 0.341 e. The number of hydrogen-bond acceptors (Lipinski definition) is 5. The molecule has 1 aliphatic rings. The minimum Gasteiger partial charge on any atom is -0.462 e. The normalized spacial score (nSPS) is 19.1. The zero-order chi connectivity index (χ0) is 13.1. The van der Waals surface area contributed by atoms with Crippen LogP contribution in [0.5, 0.6) is 0 Å². The van der Waals surface area contributed by atoms with Crippen LogP contribution in [0.4, 0.5) is 5.95 Å². The molecule has 2 heterocycles. The molecule has 1 amide bonds. The number of esters is 1. The average molecular weight is 314 g/mol.